The van der Waals surface area contributed by atoms with Crippen LogP contribution in [0.3, 0.4) is 0 Å². The number of aromatic nitrogens is 3. The van der Waals surface area contributed by atoms with Crippen molar-refractivity contribution >= 4 is 23.4 Å². The van der Waals surface area contributed by atoms with Gasteiger partial charge in [0.25, 0.3) is 0 Å². The molecule has 3 aromatic rings. The average Bonchev–Trinajstić information content (AvgIpc) is 2.81. The van der Waals surface area contributed by atoms with Crippen LogP contribution in [0.1, 0.15) is 24.8 Å². The third kappa shape index (κ3) is 4.56. The number of piperazine rings is 1. The lowest BCUT2D eigenvalue weighted by Gasteiger charge is -2.37. The van der Waals surface area contributed by atoms with Crippen LogP contribution in [-0.4, -0.2) is 51.9 Å². The van der Waals surface area contributed by atoms with E-state index in [1.807, 2.05) is 59.5 Å². The number of nitrogens with one attached hydrogen (secondary N) is 1. The number of amides is 1. The molecule has 1 aliphatic rings. The second-order valence-corrected chi connectivity index (χ2v) is 7.29. The minimum Gasteiger partial charge on any atom is -0.353 e. The summed E-state index contributed by atoms with van der Waals surface area (Å²) in [6, 6.07) is 17.7. The van der Waals surface area contributed by atoms with Gasteiger partial charge in [-0.1, -0.05) is 43.3 Å². The molecule has 0 saturated carbocycles. The minimum absolute atomic E-state index is 0.0778. The standard InChI is InChI=1S/C23H26N6O/c1-2-19(18-8-4-3-5-9-18)23(30)29-14-12-28(13-15-29)22-16-21(25-17-26-22)27-20-10-6-7-11-24-20/h3-11,16-17,19H,2,12-15H2,1H3,(H,24,25,26,27). The number of rotatable bonds is 6. The molecule has 0 radical (unpaired) electrons. The summed E-state index contributed by atoms with van der Waals surface area (Å²) in [5, 5.41) is 3.20. The zero-order valence-electron chi connectivity index (χ0n) is 17.1. The van der Waals surface area contributed by atoms with Crippen LogP contribution in [0.5, 0.6) is 0 Å². The van der Waals surface area contributed by atoms with Gasteiger partial charge in [0, 0.05) is 38.4 Å². The highest BCUT2D eigenvalue weighted by molar-refractivity contribution is 5.84. The topological polar surface area (TPSA) is 74.2 Å². The number of pyridine rings is 1. The van der Waals surface area contributed by atoms with Crippen molar-refractivity contribution < 1.29 is 4.79 Å². The van der Waals surface area contributed by atoms with Crippen LogP contribution in [0.2, 0.25) is 0 Å². The first-order valence-corrected chi connectivity index (χ1v) is 10.3. The van der Waals surface area contributed by atoms with Crippen LogP contribution in [-0.2, 0) is 4.79 Å². The van der Waals surface area contributed by atoms with E-state index in [2.05, 4.69) is 32.1 Å². The zero-order chi connectivity index (χ0) is 20.8. The third-order valence-electron chi connectivity index (χ3n) is 5.40. The molecule has 1 aliphatic heterocycles. The maximum absolute atomic E-state index is 13.1. The SMILES string of the molecule is CCC(C(=O)N1CCN(c2cc(Nc3ccccn3)ncn2)CC1)c1ccccc1. The van der Waals surface area contributed by atoms with E-state index in [9.17, 15) is 4.79 Å². The fourth-order valence-corrected chi connectivity index (χ4v) is 3.77. The molecule has 7 nitrogen and oxygen atoms in total. The van der Waals surface area contributed by atoms with Gasteiger partial charge < -0.3 is 15.1 Å². The minimum atomic E-state index is -0.0778. The Kier molecular flexibility index (Phi) is 6.17. The summed E-state index contributed by atoms with van der Waals surface area (Å²) in [7, 11) is 0. The summed E-state index contributed by atoms with van der Waals surface area (Å²) in [5.41, 5.74) is 1.09. The van der Waals surface area contributed by atoms with Gasteiger partial charge in [-0.05, 0) is 24.1 Å². The van der Waals surface area contributed by atoms with E-state index < -0.39 is 0 Å². The maximum atomic E-state index is 13.1. The van der Waals surface area contributed by atoms with Crippen LogP contribution in [0.15, 0.2) is 67.1 Å². The number of benzene rings is 1. The summed E-state index contributed by atoms with van der Waals surface area (Å²) in [4.78, 5) is 30.2. The first-order chi connectivity index (χ1) is 14.7. The smallest absolute Gasteiger partial charge is 0.230 e. The summed E-state index contributed by atoms with van der Waals surface area (Å²) in [6.45, 7) is 4.95. The predicted octanol–water partition coefficient (Wildman–Crippen LogP) is 3.46. The fourth-order valence-electron chi connectivity index (χ4n) is 3.77. The van der Waals surface area contributed by atoms with Crippen molar-refractivity contribution in [1.29, 1.82) is 0 Å². The Morgan fingerprint density at radius 1 is 0.967 bits per heavy atom. The van der Waals surface area contributed by atoms with Gasteiger partial charge in [-0.3, -0.25) is 4.79 Å². The van der Waals surface area contributed by atoms with Crippen LogP contribution in [0, 0.1) is 0 Å². The Bertz CT molecular complexity index is 958. The van der Waals surface area contributed by atoms with Gasteiger partial charge in [0.05, 0.1) is 5.92 Å². The summed E-state index contributed by atoms with van der Waals surface area (Å²) >= 11 is 0. The van der Waals surface area contributed by atoms with Gasteiger partial charge >= 0.3 is 0 Å². The molecule has 1 fully saturated rings. The van der Waals surface area contributed by atoms with Crippen LogP contribution < -0.4 is 10.2 Å². The van der Waals surface area contributed by atoms with Crippen molar-refractivity contribution in [3.05, 3.63) is 72.7 Å². The van der Waals surface area contributed by atoms with Gasteiger partial charge in [-0.25, -0.2) is 15.0 Å². The molecule has 4 rings (SSSR count). The molecular weight excluding hydrogens is 376 g/mol. The number of carbonyl (C=O) groups excluding carboxylic acids is 1. The summed E-state index contributed by atoms with van der Waals surface area (Å²) in [6.07, 6.45) is 4.10. The third-order valence-corrected chi connectivity index (χ3v) is 5.40. The molecule has 1 saturated heterocycles. The van der Waals surface area contributed by atoms with Gasteiger partial charge in [-0.15, -0.1) is 0 Å². The molecule has 0 aliphatic carbocycles. The quantitative estimate of drug-likeness (QED) is 0.681. The van der Waals surface area contributed by atoms with Crippen molar-refractivity contribution in [2.24, 2.45) is 0 Å². The molecule has 1 N–H and O–H groups in total. The van der Waals surface area contributed by atoms with Crippen molar-refractivity contribution in [3.63, 3.8) is 0 Å². The molecular formula is C23H26N6O. The van der Waals surface area contributed by atoms with Gasteiger partial charge in [0.15, 0.2) is 0 Å². The molecule has 30 heavy (non-hydrogen) atoms. The first kappa shape index (κ1) is 19.8. The van der Waals surface area contributed by atoms with Crippen molar-refractivity contribution in [1.82, 2.24) is 19.9 Å². The highest BCUT2D eigenvalue weighted by Crippen LogP contribution is 2.24. The summed E-state index contributed by atoms with van der Waals surface area (Å²) in [5.74, 6) is 2.43. The van der Waals surface area contributed by atoms with E-state index in [0.717, 1.165) is 36.7 Å². The van der Waals surface area contributed by atoms with Crippen LogP contribution in [0.25, 0.3) is 0 Å². The fraction of sp³-hybridized carbons (Fsp3) is 0.304. The van der Waals surface area contributed by atoms with E-state index in [0.29, 0.717) is 18.9 Å². The van der Waals surface area contributed by atoms with Crippen LogP contribution in [0.4, 0.5) is 17.5 Å². The summed E-state index contributed by atoms with van der Waals surface area (Å²) < 4.78 is 0. The number of carbonyl (C=O) groups is 1. The Hall–Kier alpha value is -3.48. The van der Waals surface area contributed by atoms with E-state index in [1.54, 1.807) is 12.5 Å². The monoisotopic (exact) mass is 402 g/mol. The largest absolute Gasteiger partial charge is 0.353 e. The van der Waals surface area contributed by atoms with Gasteiger partial charge in [0.2, 0.25) is 5.91 Å². The lowest BCUT2D eigenvalue weighted by atomic mass is 9.95. The number of anilines is 3. The molecule has 3 heterocycles. The Morgan fingerprint density at radius 3 is 2.43 bits per heavy atom. The predicted molar refractivity (Wildman–Crippen MR) is 118 cm³/mol. The lowest BCUT2D eigenvalue weighted by molar-refractivity contribution is -0.133. The number of nitrogens with zero attached hydrogens (tertiary/aromatic N) is 5. The van der Waals surface area contributed by atoms with E-state index in [1.165, 1.54) is 0 Å². The molecule has 7 heteroatoms. The van der Waals surface area contributed by atoms with Crippen molar-refractivity contribution in [2.75, 3.05) is 36.4 Å². The lowest BCUT2D eigenvalue weighted by Crippen LogP contribution is -2.50. The Morgan fingerprint density at radius 2 is 1.73 bits per heavy atom. The molecule has 1 atom stereocenters. The van der Waals surface area contributed by atoms with Crippen LogP contribution >= 0.6 is 0 Å². The van der Waals surface area contributed by atoms with Crippen molar-refractivity contribution in [3.8, 4) is 0 Å². The highest BCUT2D eigenvalue weighted by atomic mass is 16.2. The average molecular weight is 403 g/mol. The second-order valence-electron chi connectivity index (χ2n) is 7.29. The molecule has 154 valence electrons. The van der Waals surface area contributed by atoms with Gasteiger partial charge in [0.1, 0.15) is 23.8 Å². The molecule has 1 unspecified atom stereocenters. The molecule has 2 aromatic heterocycles. The Labute approximate surface area is 176 Å². The molecule has 0 spiro atoms. The van der Waals surface area contributed by atoms with E-state index in [-0.39, 0.29) is 11.8 Å². The zero-order valence-corrected chi connectivity index (χ0v) is 17.1. The normalized spacial score (nSPS) is 15.0. The second kappa shape index (κ2) is 9.35. The molecule has 1 amide bonds. The maximum Gasteiger partial charge on any atom is 0.230 e. The molecule has 1 aromatic carbocycles. The van der Waals surface area contributed by atoms with Gasteiger partial charge in [-0.2, -0.15) is 0 Å². The molecule has 0 bridgehead atoms. The van der Waals surface area contributed by atoms with Crippen molar-refractivity contribution in [2.45, 2.75) is 19.3 Å². The van der Waals surface area contributed by atoms with E-state index >= 15 is 0 Å². The van der Waals surface area contributed by atoms with E-state index in [4.69, 9.17) is 0 Å². The number of hydrogen-bond acceptors (Lipinski definition) is 6. The Balaban J connectivity index is 1.38. The first-order valence-electron chi connectivity index (χ1n) is 10.3. The highest BCUT2D eigenvalue weighted by Gasteiger charge is 2.27. The number of hydrogen-bond donors (Lipinski definition) is 1.